The van der Waals surface area contributed by atoms with Crippen LogP contribution in [0.2, 0.25) is 0 Å². The van der Waals surface area contributed by atoms with Gasteiger partial charge in [0.15, 0.2) is 0 Å². The maximum absolute atomic E-state index is 12.4. The molecule has 2 aromatic rings. The van der Waals surface area contributed by atoms with Crippen molar-refractivity contribution in [3.63, 3.8) is 0 Å². The second kappa shape index (κ2) is 8.30. The number of rotatable bonds is 6. The van der Waals surface area contributed by atoms with Gasteiger partial charge in [-0.25, -0.2) is 8.42 Å². The van der Waals surface area contributed by atoms with Crippen molar-refractivity contribution in [1.82, 2.24) is 5.32 Å². The number of amides is 2. The molecule has 0 heterocycles. The molecule has 2 aromatic carbocycles. The highest BCUT2D eigenvalue weighted by atomic mass is 32.2. The molecular weight excluding hydrogens is 354 g/mol. The van der Waals surface area contributed by atoms with Crippen molar-refractivity contribution in [1.29, 1.82) is 0 Å². The highest BCUT2D eigenvalue weighted by Crippen LogP contribution is 2.19. The van der Waals surface area contributed by atoms with E-state index in [0.29, 0.717) is 16.9 Å². The van der Waals surface area contributed by atoms with E-state index in [1.165, 1.54) is 32.2 Å². The van der Waals surface area contributed by atoms with Crippen LogP contribution in [-0.4, -0.2) is 27.3 Å². The Labute approximate surface area is 152 Å². The number of carbonyl (C=O) groups excluding carboxylic acids is 2. The van der Waals surface area contributed by atoms with Crippen LogP contribution in [0, 0.1) is 0 Å². The van der Waals surface area contributed by atoms with Gasteiger partial charge in [-0.3, -0.25) is 14.3 Å². The zero-order valence-electron chi connectivity index (χ0n) is 14.3. The highest BCUT2D eigenvalue weighted by Gasteiger charge is 2.13. The summed E-state index contributed by atoms with van der Waals surface area (Å²) in [6.45, 7) is 1.39. The van der Waals surface area contributed by atoms with Gasteiger partial charge < -0.3 is 10.6 Å². The summed E-state index contributed by atoms with van der Waals surface area (Å²) in [5.74, 6) is -0.449. The summed E-state index contributed by atoms with van der Waals surface area (Å²) < 4.78 is 27.3. The molecule has 3 N–H and O–H groups in total. The minimum absolute atomic E-state index is 0.0977. The van der Waals surface area contributed by atoms with Gasteiger partial charge in [0.05, 0.1) is 4.90 Å². The third-order valence-corrected chi connectivity index (χ3v) is 4.72. The van der Waals surface area contributed by atoms with Crippen LogP contribution in [0.25, 0.3) is 6.08 Å². The fraction of sp³-hybridized carbons (Fsp3) is 0.111. The van der Waals surface area contributed by atoms with E-state index in [4.69, 9.17) is 0 Å². The molecule has 0 aliphatic carbocycles. The third-order valence-electron chi connectivity index (χ3n) is 3.32. The number of anilines is 2. The molecule has 0 spiro atoms. The molecule has 0 atom stereocenters. The van der Waals surface area contributed by atoms with Crippen molar-refractivity contribution in [2.75, 3.05) is 17.1 Å². The molecule has 0 aliphatic rings. The molecule has 0 radical (unpaired) electrons. The first kappa shape index (κ1) is 19.2. The van der Waals surface area contributed by atoms with Crippen molar-refractivity contribution in [2.24, 2.45) is 0 Å². The lowest BCUT2D eigenvalue weighted by atomic mass is 10.2. The number of likely N-dealkylation sites (N-methyl/N-ethyl adjacent to an activating group) is 1. The molecule has 7 nitrogen and oxygen atoms in total. The van der Waals surface area contributed by atoms with Crippen molar-refractivity contribution < 1.29 is 18.0 Å². The van der Waals surface area contributed by atoms with Gasteiger partial charge in [0.25, 0.3) is 10.0 Å². The quantitative estimate of drug-likeness (QED) is 0.675. The Kier molecular flexibility index (Phi) is 6.13. The Morgan fingerprint density at radius 2 is 1.50 bits per heavy atom. The van der Waals surface area contributed by atoms with Crippen LogP contribution in [0.4, 0.5) is 11.4 Å². The van der Waals surface area contributed by atoms with E-state index < -0.39 is 10.0 Å². The first-order valence-electron chi connectivity index (χ1n) is 7.70. The largest absolute Gasteiger partial charge is 0.356 e. The van der Waals surface area contributed by atoms with Gasteiger partial charge in [-0.1, -0.05) is 12.1 Å². The number of sulfonamides is 1. The van der Waals surface area contributed by atoms with E-state index in [-0.39, 0.29) is 16.7 Å². The van der Waals surface area contributed by atoms with E-state index in [1.54, 1.807) is 42.5 Å². The van der Waals surface area contributed by atoms with Gasteiger partial charge in [0.1, 0.15) is 0 Å². The average molecular weight is 373 g/mol. The molecule has 2 amide bonds. The van der Waals surface area contributed by atoms with E-state index >= 15 is 0 Å². The van der Waals surface area contributed by atoms with Crippen molar-refractivity contribution in [2.45, 2.75) is 11.8 Å². The Morgan fingerprint density at radius 1 is 0.923 bits per heavy atom. The molecular formula is C18H19N3O4S. The van der Waals surface area contributed by atoms with E-state index in [9.17, 15) is 18.0 Å². The van der Waals surface area contributed by atoms with Crippen LogP contribution in [0.5, 0.6) is 0 Å². The van der Waals surface area contributed by atoms with Crippen molar-refractivity contribution >= 4 is 39.3 Å². The summed E-state index contributed by atoms with van der Waals surface area (Å²) in [5, 5.41) is 5.06. The van der Waals surface area contributed by atoms with Gasteiger partial charge in [0, 0.05) is 31.4 Å². The maximum Gasteiger partial charge on any atom is 0.261 e. The molecule has 0 saturated heterocycles. The second-order valence-corrected chi connectivity index (χ2v) is 7.06. The van der Waals surface area contributed by atoms with Crippen LogP contribution >= 0.6 is 0 Å². The van der Waals surface area contributed by atoms with Crippen LogP contribution in [-0.2, 0) is 19.6 Å². The topological polar surface area (TPSA) is 104 Å². The summed E-state index contributed by atoms with van der Waals surface area (Å²) in [6, 6.07) is 12.4. The third kappa shape index (κ3) is 5.45. The number of hydrogen-bond acceptors (Lipinski definition) is 4. The summed E-state index contributed by atoms with van der Waals surface area (Å²) >= 11 is 0. The lowest BCUT2D eigenvalue weighted by Gasteiger charge is -2.09. The Bertz CT molecular complexity index is 918. The molecule has 136 valence electrons. The number of carbonyl (C=O) groups is 2. The smallest absolute Gasteiger partial charge is 0.261 e. The molecule has 0 saturated carbocycles. The summed E-state index contributed by atoms with van der Waals surface area (Å²) in [6.07, 6.45) is 2.95. The molecule has 0 aliphatic heterocycles. The van der Waals surface area contributed by atoms with Gasteiger partial charge in [-0.15, -0.1) is 0 Å². The maximum atomic E-state index is 12.4. The Morgan fingerprint density at radius 3 is 2.04 bits per heavy atom. The number of benzene rings is 2. The SMILES string of the molecule is CNC(=O)/C=C/c1ccc(S(=O)(=O)Nc2ccc(NC(C)=O)cc2)cc1. The summed E-state index contributed by atoms with van der Waals surface area (Å²) in [5.41, 5.74) is 1.66. The lowest BCUT2D eigenvalue weighted by molar-refractivity contribution is -0.116. The van der Waals surface area contributed by atoms with Crippen molar-refractivity contribution in [3.05, 3.63) is 60.2 Å². The van der Waals surface area contributed by atoms with Gasteiger partial charge in [-0.2, -0.15) is 0 Å². The molecule has 2 rings (SSSR count). The fourth-order valence-corrected chi connectivity index (χ4v) is 3.11. The standard InChI is InChI=1S/C18H19N3O4S/c1-13(22)20-15-6-8-16(9-7-15)21-26(24,25)17-10-3-14(4-11-17)5-12-18(23)19-2/h3-12,21H,1-2H3,(H,19,23)(H,20,22)/b12-5+. The molecule has 26 heavy (non-hydrogen) atoms. The van der Waals surface area contributed by atoms with E-state index in [2.05, 4.69) is 15.4 Å². The Balaban J connectivity index is 2.11. The molecule has 0 bridgehead atoms. The Hall–Kier alpha value is -3.13. The van der Waals surface area contributed by atoms with Crippen LogP contribution in [0.1, 0.15) is 12.5 Å². The highest BCUT2D eigenvalue weighted by molar-refractivity contribution is 7.92. The van der Waals surface area contributed by atoms with Crippen LogP contribution in [0.15, 0.2) is 59.5 Å². The number of hydrogen-bond donors (Lipinski definition) is 3. The second-order valence-electron chi connectivity index (χ2n) is 5.38. The van der Waals surface area contributed by atoms with E-state index in [0.717, 1.165) is 0 Å². The van der Waals surface area contributed by atoms with Gasteiger partial charge in [-0.05, 0) is 48.0 Å². The van der Waals surface area contributed by atoms with Crippen LogP contribution in [0.3, 0.4) is 0 Å². The van der Waals surface area contributed by atoms with E-state index in [1.807, 2.05) is 0 Å². The minimum Gasteiger partial charge on any atom is -0.356 e. The zero-order valence-corrected chi connectivity index (χ0v) is 15.1. The zero-order chi connectivity index (χ0) is 19.2. The molecule has 0 aromatic heterocycles. The molecule has 0 fully saturated rings. The predicted octanol–water partition coefficient (Wildman–Crippen LogP) is 2.21. The predicted molar refractivity (Wildman–Crippen MR) is 101 cm³/mol. The average Bonchev–Trinajstić information content (AvgIpc) is 2.61. The number of nitrogens with one attached hydrogen (secondary N) is 3. The van der Waals surface area contributed by atoms with Gasteiger partial charge >= 0.3 is 0 Å². The van der Waals surface area contributed by atoms with Crippen LogP contribution < -0.4 is 15.4 Å². The molecule has 8 heteroatoms. The first-order chi connectivity index (χ1) is 12.3. The normalized spacial score (nSPS) is 11.2. The fourth-order valence-electron chi connectivity index (χ4n) is 2.05. The summed E-state index contributed by atoms with van der Waals surface area (Å²) in [4.78, 5) is 22.3. The monoisotopic (exact) mass is 373 g/mol. The lowest BCUT2D eigenvalue weighted by Crippen LogP contribution is -2.14. The molecule has 0 unspecified atom stereocenters. The van der Waals surface area contributed by atoms with Gasteiger partial charge in [0.2, 0.25) is 11.8 Å². The minimum atomic E-state index is -3.74. The van der Waals surface area contributed by atoms with Crippen molar-refractivity contribution in [3.8, 4) is 0 Å². The first-order valence-corrected chi connectivity index (χ1v) is 9.19. The summed E-state index contributed by atoms with van der Waals surface area (Å²) in [7, 11) is -2.22.